The van der Waals surface area contributed by atoms with Crippen molar-refractivity contribution in [1.29, 1.82) is 0 Å². The summed E-state index contributed by atoms with van der Waals surface area (Å²) in [5.41, 5.74) is 0.224. The first-order chi connectivity index (χ1) is 10.9. The van der Waals surface area contributed by atoms with Gasteiger partial charge >= 0.3 is 11.9 Å². The van der Waals surface area contributed by atoms with Crippen LogP contribution >= 0.6 is 11.8 Å². The molecule has 2 aliphatic heterocycles. The standard InChI is InChI=1S/C14H18N2O6S/c1-3-4-9(18)15-10-12(19)16-11(14(20)21)8(5-22-7(2)17)6-23-13(10)16/h10,13H,3-6H2,1-2H3,(H,15,18)(H,20,21). The average Bonchev–Trinajstić information content (AvgIpc) is 2.49. The second-order valence-electron chi connectivity index (χ2n) is 5.24. The number of β-lactam (4-membered cyclic amide) rings is 1. The van der Waals surface area contributed by atoms with Gasteiger partial charge in [-0.2, -0.15) is 0 Å². The lowest BCUT2D eigenvalue weighted by Gasteiger charge is -2.49. The fraction of sp³-hybridized carbons (Fsp3) is 0.571. The Morgan fingerprint density at radius 2 is 2.13 bits per heavy atom. The molecule has 23 heavy (non-hydrogen) atoms. The van der Waals surface area contributed by atoms with Crippen LogP contribution in [0, 0.1) is 0 Å². The van der Waals surface area contributed by atoms with Gasteiger partial charge < -0.3 is 15.2 Å². The summed E-state index contributed by atoms with van der Waals surface area (Å²) in [6.07, 6.45) is 0.988. The maximum atomic E-state index is 12.2. The molecule has 0 aromatic rings. The van der Waals surface area contributed by atoms with Crippen molar-refractivity contribution in [3.63, 3.8) is 0 Å². The Hall–Kier alpha value is -2.03. The summed E-state index contributed by atoms with van der Waals surface area (Å²) in [5, 5.41) is 11.6. The SMILES string of the molecule is CCCC(=O)NC1C(=O)N2C(C(=O)O)=C(COC(C)=O)CSC12. The number of esters is 1. The Bertz CT molecular complexity index is 588. The number of thioether (sulfide) groups is 1. The van der Waals surface area contributed by atoms with E-state index < -0.39 is 29.3 Å². The number of hydrogen-bond acceptors (Lipinski definition) is 6. The fourth-order valence-electron chi connectivity index (χ4n) is 2.46. The molecular formula is C14H18N2O6S. The minimum absolute atomic E-state index is 0.152. The molecule has 2 atom stereocenters. The van der Waals surface area contributed by atoms with E-state index in [0.717, 1.165) is 4.90 Å². The first kappa shape index (κ1) is 17.3. The summed E-state index contributed by atoms with van der Waals surface area (Å²) in [6, 6.07) is -0.705. The third-order valence-electron chi connectivity index (χ3n) is 3.49. The number of carboxylic acid groups (broad SMARTS) is 1. The van der Waals surface area contributed by atoms with Gasteiger partial charge in [0.2, 0.25) is 5.91 Å². The number of nitrogens with zero attached hydrogens (tertiary/aromatic N) is 1. The lowest BCUT2D eigenvalue weighted by Crippen LogP contribution is -2.70. The fourth-order valence-corrected chi connectivity index (χ4v) is 3.78. The van der Waals surface area contributed by atoms with Gasteiger partial charge in [0.15, 0.2) is 0 Å². The van der Waals surface area contributed by atoms with Crippen molar-refractivity contribution in [3.05, 3.63) is 11.3 Å². The molecule has 0 radical (unpaired) electrons. The summed E-state index contributed by atoms with van der Waals surface area (Å²) in [6.45, 7) is 2.93. The maximum absolute atomic E-state index is 12.2. The minimum Gasteiger partial charge on any atom is -0.477 e. The molecule has 0 aromatic heterocycles. The Balaban J connectivity index is 2.14. The van der Waals surface area contributed by atoms with Crippen molar-refractivity contribution >= 4 is 35.5 Å². The van der Waals surface area contributed by atoms with Gasteiger partial charge in [0.1, 0.15) is 23.7 Å². The van der Waals surface area contributed by atoms with Crippen LogP contribution in [0.25, 0.3) is 0 Å². The van der Waals surface area contributed by atoms with E-state index in [1.807, 2.05) is 6.92 Å². The van der Waals surface area contributed by atoms with Crippen LogP contribution in [0.2, 0.25) is 0 Å². The molecule has 0 bridgehead atoms. The van der Waals surface area contributed by atoms with Crippen molar-refractivity contribution in [1.82, 2.24) is 10.2 Å². The van der Waals surface area contributed by atoms with Crippen molar-refractivity contribution < 1.29 is 29.0 Å². The van der Waals surface area contributed by atoms with Gasteiger partial charge in [0, 0.05) is 24.7 Å². The number of carboxylic acids is 1. The topological polar surface area (TPSA) is 113 Å². The molecule has 2 aliphatic rings. The molecule has 8 nitrogen and oxygen atoms in total. The van der Waals surface area contributed by atoms with Gasteiger partial charge in [0.05, 0.1) is 0 Å². The molecule has 2 unspecified atom stereocenters. The Morgan fingerprint density at radius 1 is 1.43 bits per heavy atom. The van der Waals surface area contributed by atoms with Gasteiger partial charge in [-0.05, 0) is 6.42 Å². The molecule has 1 saturated heterocycles. The number of ether oxygens (including phenoxy) is 1. The quantitative estimate of drug-likeness (QED) is 0.519. The third-order valence-corrected chi connectivity index (χ3v) is 4.83. The van der Waals surface area contributed by atoms with Crippen LogP contribution in [0.4, 0.5) is 0 Å². The molecule has 0 spiro atoms. The van der Waals surface area contributed by atoms with E-state index in [1.165, 1.54) is 18.7 Å². The van der Waals surface area contributed by atoms with Crippen LogP contribution in [-0.2, 0) is 23.9 Å². The zero-order chi connectivity index (χ0) is 17.1. The van der Waals surface area contributed by atoms with Gasteiger partial charge in [-0.25, -0.2) is 4.79 Å². The van der Waals surface area contributed by atoms with Crippen LogP contribution in [0.5, 0.6) is 0 Å². The van der Waals surface area contributed by atoms with Crippen molar-refractivity contribution in [3.8, 4) is 0 Å². The van der Waals surface area contributed by atoms with E-state index in [-0.39, 0.29) is 18.2 Å². The molecule has 2 amide bonds. The lowest BCUT2D eigenvalue weighted by atomic mass is 10.0. The number of carbonyl (C=O) groups excluding carboxylic acids is 3. The van der Waals surface area contributed by atoms with E-state index in [4.69, 9.17) is 4.74 Å². The van der Waals surface area contributed by atoms with E-state index in [1.54, 1.807) is 0 Å². The number of fused-ring (bicyclic) bond motifs is 1. The van der Waals surface area contributed by atoms with Crippen molar-refractivity contribution in [2.75, 3.05) is 12.4 Å². The van der Waals surface area contributed by atoms with E-state index in [0.29, 0.717) is 24.2 Å². The van der Waals surface area contributed by atoms with Crippen LogP contribution in [-0.4, -0.2) is 57.5 Å². The van der Waals surface area contributed by atoms with Crippen molar-refractivity contribution in [2.24, 2.45) is 0 Å². The second-order valence-corrected chi connectivity index (χ2v) is 6.35. The van der Waals surface area contributed by atoms with Gasteiger partial charge in [-0.15, -0.1) is 11.8 Å². The number of aliphatic carboxylic acids is 1. The minimum atomic E-state index is -1.25. The third kappa shape index (κ3) is 3.49. The highest BCUT2D eigenvalue weighted by Gasteiger charge is 2.54. The van der Waals surface area contributed by atoms with Crippen LogP contribution in [0.1, 0.15) is 26.7 Å². The lowest BCUT2D eigenvalue weighted by molar-refractivity contribution is -0.151. The predicted molar refractivity (Wildman–Crippen MR) is 81.2 cm³/mol. The smallest absolute Gasteiger partial charge is 0.352 e. The molecule has 0 aliphatic carbocycles. The van der Waals surface area contributed by atoms with Crippen LogP contribution in [0.15, 0.2) is 11.3 Å². The number of amides is 2. The zero-order valence-corrected chi connectivity index (χ0v) is 13.6. The summed E-state index contributed by atoms with van der Waals surface area (Å²) in [5.74, 6) is -2.12. The first-order valence-corrected chi connectivity index (χ1v) is 8.24. The maximum Gasteiger partial charge on any atom is 0.352 e. The van der Waals surface area contributed by atoms with Crippen molar-refractivity contribution in [2.45, 2.75) is 38.1 Å². The average molecular weight is 342 g/mol. The molecule has 0 aromatic carbocycles. The highest BCUT2D eigenvalue weighted by molar-refractivity contribution is 8.00. The summed E-state index contributed by atoms with van der Waals surface area (Å²) in [4.78, 5) is 47.4. The summed E-state index contributed by atoms with van der Waals surface area (Å²) in [7, 11) is 0. The molecule has 2 rings (SSSR count). The highest BCUT2D eigenvalue weighted by Crippen LogP contribution is 2.40. The highest BCUT2D eigenvalue weighted by atomic mass is 32.2. The molecule has 2 heterocycles. The van der Waals surface area contributed by atoms with Gasteiger partial charge in [-0.3, -0.25) is 19.3 Å². The van der Waals surface area contributed by atoms with Crippen LogP contribution in [0.3, 0.4) is 0 Å². The largest absolute Gasteiger partial charge is 0.477 e. The molecule has 1 fully saturated rings. The van der Waals surface area contributed by atoms with Gasteiger partial charge in [0.25, 0.3) is 5.91 Å². The monoisotopic (exact) mass is 342 g/mol. The Labute approximate surface area is 137 Å². The van der Waals surface area contributed by atoms with E-state index >= 15 is 0 Å². The van der Waals surface area contributed by atoms with Gasteiger partial charge in [-0.1, -0.05) is 6.92 Å². The molecule has 2 N–H and O–H groups in total. The first-order valence-electron chi connectivity index (χ1n) is 7.19. The number of rotatable bonds is 6. The predicted octanol–water partition coefficient (Wildman–Crippen LogP) is 0.0882. The number of hydrogen-bond donors (Lipinski definition) is 2. The number of nitrogens with one attached hydrogen (secondary N) is 1. The molecule has 126 valence electrons. The van der Waals surface area contributed by atoms with Crippen LogP contribution < -0.4 is 5.32 Å². The molecule has 9 heteroatoms. The number of carbonyl (C=O) groups is 4. The normalized spacial score (nSPS) is 23.0. The molecule has 0 saturated carbocycles. The summed E-state index contributed by atoms with van der Waals surface area (Å²) < 4.78 is 4.85. The van der Waals surface area contributed by atoms with E-state index in [9.17, 15) is 24.3 Å². The zero-order valence-electron chi connectivity index (χ0n) is 12.8. The Kier molecular flexibility index (Phi) is 5.30. The molecular weight excluding hydrogens is 324 g/mol. The summed E-state index contributed by atoms with van der Waals surface area (Å²) >= 11 is 1.34. The Morgan fingerprint density at radius 3 is 2.70 bits per heavy atom. The second kappa shape index (κ2) is 7.03. The van der Waals surface area contributed by atoms with E-state index in [2.05, 4.69) is 5.32 Å².